The molecule has 21 heavy (non-hydrogen) atoms. The van der Waals surface area contributed by atoms with Gasteiger partial charge in [-0.05, 0) is 43.4 Å². The van der Waals surface area contributed by atoms with Gasteiger partial charge in [-0.3, -0.25) is 9.80 Å². The molecule has 0 unspecified atom stereocenters. The zero-order chi connectivity index (χ0) is 16.0. The number of nitrogens with zero attached hydrogens (tertiary/aromatic N) is 2. The van der Waals surface area contributed by atoms with Crippen molar-refractivity contribution in [3.8, 4) is 0 Å². The third-order valence-electron chi connectivity index (χ3n) is 3.93. The van der Waals surface area contributed by atoms with Crippen LogP contribution in [0, 0.1) is 0 Å². The van der Waals surface area contributed by atoms with Crippen LogP contribution in [-0.4, -0.2) is 36.0 Å². The third-order valence-corrected chi connectivity index (χ3v) is 5.10. The molecule has 0 heterocycles. The number of hydrogen-bond acceptors (Lipinski definition) is 2. The Labute approximate surface area is 144 Å². The molecule has 5 heteroatoms. The molecule has 1 aromatic rings. The van der Waals surface area contributed by atoms with Crippen molar-refractivity contribution < 1.29 is 0 Å². The Morgan fingerprint density at radius 1 is 0.714 bits per heavy atom. The lowest BCUT2D eigenvalue weighted by molar-refractivity contribution is 0.280. The van der Waals surface area contributed by atoms with Crippen molar-refractivity contribution in [2.24, 2.45) is 0 Å². The maximum absolute atomic E-state index is 6.46. The Morgan fingerprint density at radius 2 is 1.14 bits per heavy atom. The van der Waals surface area contributed by atoms with Gasteiger partial charge in [-0.15, -0.1) is 0 Å². The molecule has 0 aliphatic rings. The molecule has 0 saturated heterocycles. The lowest BCUT2D eigenvalue weighted by atomic mass is 10.1. The van der Waals surface area contributed by atoms with Crippen LogP contribution in [0.5, 0.6) is 0 Å². The Hall–Kier alpha value is 0.01000. The molecule has 0 saturated carbocycles. The van der Waals surface area contributed by atoms with Gasteiger partial charge in [-0.2, -0.15) is 0 Å². The predicted molar refractivity (Wildman–Crippen MR) is 94.7 cm³/mol. The fraction of sp³-hybridized carbons (Fsp3) is 0.625. The first kappa shape index (κ1) is 19.1. The molecule has 0 spiro atoms. The molecule has 0 aromatic heterocycles. The molecule has 0 N–H and O–H groups in total. The van der Waals surface area contributed by atoms with Crippen molar-refractivity contribution in [1.29, 1.82) is 0 Å². The minimum absolute atomic E-state index is 0.534. The highest BCUT2D eigenvalue weighted by Gasteiger charge is 2.18. The van der Waals surface area contributed by atoms with Crippen LogP contribution in [0.4, 0.5) is 0 Å². The summed E-state index contributed by atoms with van der Waals surface area (Å²) in [7, 11) is 0. The van der Waals surface area contributed by atoms with Gasteiger partial charge in [0.25, 0.3) is 0 Å². The van der Waals surface area contributed by atoms with Crippen molar-refractivity contribution in [3.05, 3.63) is 32.3 Å². The summed E-state index contributed by atoms with van der Waals surface area (Å²) in [5.41, 5.74) is 2.16. The number of hydrogen-bond donors (Lipinski definition) is 0. The fourth-order valence-electron chi connectivity index (χ4n) is 2.36. The summed E-state index contributed by atoms with van der Waals surface area (Å²) in [6.07, 6.45) is 0. The van der Waals surface area contributed by atoms with E-state index in [1.54, 1.807) is 6.07 Å². The number of halogens is 3. The van der Waals surface area contributed by atoms with E-state index in [4.69, 9.17) is 34.8 Å². The highest BCUT2D eigenvalue weighted by Crippen LogP contribution is 2.35. The monoisotopic (exact) mass is 350 g/mol. The standard InChI is InChI=1S/C16H25Cl3N2/c1-5-20(6-2)10-12-13(11-21(7-3)8-4)16(19)15(18)9-14(12)17/h9H,5-8,10-11H2,1-4H3. The van der Waals surface area contributed by atoms with Gasteiger partial charge in [0.15, 0.2) is 0 Å². The molecule has 0 aliphatic carbocycles. The zero-order valence-electron chi connectivity index (χ0n) is 13.3. The molecule has 0 atom stereocenters. The van der Waals surface area contributed by atoms with Gasteiger partial charge in [0.2, 0.25) is 0 Å². The van der Waals surface area contributed by atoms with Crippen LogP contribution >= 0.6 is 34.8 Å². The third kappa shape index (κ3) is 5.01. The van der Waals surface area contributed by atoms with E-state index in [1.807, 2.05) is 0 Å². The van der Waals surface area contributed by atoms with E-state index in [9.17, 15) is 0 Å². The van der Waals surface area contributed by atoms with Crippen LogP contribution < -0.4 is 0 Å². The number of rotatable bonds is 8. The molecule has 2 nitrogen and oxygen atoms in total. The normalized spacial score (nSPS) is 11.7. The fourth-order valence-corrected chi connectivity index (χ4v) is 3.15. The topological polar surface area (TPSA) is 6.48 Å². The Bertz CT molecular complexity index is 455. The van der Waals surface area contributed by atoms with Crippen LogP contribution in [0.15, 0.2) is 6.07 Å². The Morgan fingerprint density at radius 3 is 1.57 bits per heavy atom. The number of benzene rings is 1. The highest BCUT2D eigenvalue weighted by atomic mass is 35.5. The van der Waals surface area contributed by atoms with E-state index in [1.165, 1.54) is 0 Å². The van der Waals surface area contributed by atoms with Gasteiger partial charge in [0.1, 0.15) is 0 Å². The second kappa shape index (κ2) is 9.22. The first-order valence-corrected chi connectivity index (χ1v) is 8.71. The summed E-state index contributed by atoms with van der Waals surface area (Å²) in [6.45, 7) is 14.1. The lowest BCUT2D eigenvalue weighted by Gasteiger charge is -2.25. The van der Waals surface area contributed by atoms with E-state index in [-0.39, 0.29) is 0 Å². The molecular weight excluding hydrogens is 327 g/mol. The highest BCUT2D eigenvalue weighted by molar-refractivity contribution is 6.44. The molecule has 120 valence electrons. The van der Waals surface area contributed by atoms with E-state index in [0.29, 0.717) is 15.1 Å². The van der Waals surface area contributed by atoms with Crippen molar-refractivity contribution in [3.63, 3.8) is 0 Å². The van der Waals surface area contributed by atoms with Crippen LogP contribution in [0.1, 0.15) is 38.8 Å². The summed E-state index contributed by atoms with van der Waals surface area (Å²) in [5, 5.41) is 1.88. The lowest BCUT2D eigenvalue weighted by Crippen LogP contribution is -2.26. The molecule has 0 aliphatic heterocycles. The van der Waals surface area contributed by atoms with Gasteiger partial charge < -0.3 is 0 Å². The molecule has 1 aromatic carbocycles. The average Bonchev–Trinajstić information content (AvgIpc) is 2.48. The van der Waals surface area contributed by atoms with Gasteiger partial charge in [0.05, 0.1) is 10.0 Å². The summed E-state index contributed by atoms with van der Waals surface area (Å²) < 4.78 is 0. The largest absolute Gasteiger partial charge is 0.300 e. The second-order valence-corrected chi connectivity index (χ2v) is 6.23. The first-order chi connectivity index (χ1) is 9.98. The quantitative estimate of drug-likeness (QED) is 0.584. The van der Waals surface area contributed by atoms with E-state index in [2.05, 4.69) is 37.5 Å². The van der Waals surface area contributed by atoms with E-state index < -0.39 is 0 Å². The van der Waals surface area contributed by atoms with Crippen molar-refractivity contribution in [1.82, 2.24) is 9.80 Å². The molecule has 0 amide bonds. The van der Waals surface area contributed by atoms with Crippen LogP contribution in [0.25, 0.3) is 0 Å². The SMILES string of the molecule is CCN(CC)Cc1c(Cl)cc(Cl)c(Cl)c1CN(CC)CC. The smallest absolute Gasteiger partial charge is 0.0641 e. The minimum atomic E-state index is 0.534. The summed E-state index contributed by atoms with van der Waals surface area (Å²) in [6, 6.07) is 1.76. The second-order valence-electron chi connectivity index (χ2n) is 5.03. The van der Waals surface area contributed by atoms with Gasteiger partial charge in [0, 0.05) is 18.1 Å². The van der Waals surface area contributed by atoms with Crippen molar-refractivity contribution in [2.45, 2.75) is 40.8 Å². The summed E-state index contributed by atoms with van der Waals surface area (Å²) in [5.74, 6) is 0. The Balaban J connectivity index is 3.23. The van der Waals surface area contributed by atoms with Gasteiger partial charge in [-0.1, -0.05) is 62.5 Å². The van der Waals surface area contributed by atoms with Crippen molar-refractivity contribution in [2.75, 3.05) is 26.2 Å². The molecule has 1 rings (SSSR count). The molecule has 0 fully saturated rings. The van der Waals surface area contributed by atoms with Crippen LogP contribution in [-0.2, 0) is 13.1 Å². The maximum Gasteiger partial charge on any atom is 0.0641 e. The predicted octanol–water partition coefficient (Wildman–Crippen LogP) is 5.33. The van der Waals surface area contributed by atoms with Crippen LogP contribution in [0.2, 0.25) is 15.1 Å². The average molecular weight is 352 g/mol. The zero-order valence-corrected chi connectivity index (χ0v) is 15.6. The first-order valence-electron chi connectivity index (χ1n) is 7.58. The van der Waals surface area contributed by atoms with Crippen LogP contribution in [0.3, 0.4) is 0 Å². The minimum Gasteiger partial charge on any atom is -0.300 e. The van der Waals surface area contributed by atoms with E-state index in [0.717, 1.165) is 50.4 Å². The molecule has 0 bridgehead atoms. The summed E-state index contributed by atoms with van der Waals surface area (Å²) in [4.78, 5) is 4.65. The Kier molecular flexibility index (Phi) is 8.36. The summed E-state index contributed by atoms with van der Waals surface area (Å²) >= 11 is 19.1. The van der Waals surface area contributed by atoms with Crippen molar-refractivity contribution >= 4 is 34.8 Å². The maximum atomic E-state index is 6.46. The van der Waals surface area contributed by atoms with Gasteiger partial charge in [-0.25, -0.2) is 0 Å². The molecular formula is C16H25Cl3N2. The van der Waals surface area contributed by atoms with Gasteiger partial charge >= 0.3 is 0 Å². The van der Waals surface area contributed by atoms with E-state index >= 15 is 0 Å². The molecule has 0 radical (unpaired) electrons.